The first-order valence-electron chi connectivity index (χ1n) is 4.11. The Morgan fingerprint density at radius 3 is 2.67 bits per heavy atom. The van der Waals surface area contributed by atoms with Gasteiger partial charge in [-0.15, -0.1) is 0 Å². The number of carboxylic acids is 1. The molecule has 1 amide bonds. The standard InChI is InChI=1S/C9H9BrN2O3/c1-5(13)12-8(9(14)15)6-2-7(10)4-11-3-6/h2-4,8H,1H3,(H,12,13)(H,14,15). The van der Waals surface area contributed by atoms with Crippen molar-refractivity contribution in [3.63, 3.8) is 0 Å². The molecule has 1 atom stereocenters. The van der Waals surface area contributed by atoms with Crippen LogP contribution in [0.4, 0.5) is 0 Å². The van der Waals surface area contributed by atoms with Crippen LogP contribution in [-0.2, 0) is 9.59 Å². The van der Waals surface area contributed by atoms with E-state index in [1.807, 2.05) is 0 Å². The summed E-state index contributed by atoms with van der Waals surface area (Å²) in [6, 6.07) is 0.536. The van der Waals surface area contributed by atoms with Gasteiger partial charge in [0.05, 0.1) is 0 Å². The topological polar surface area (TPSA) is 79.3 Å². The minimum absolute atomic E-state index is 0.401. The zero-order chi connectivity index (χ0) is 11.4. The molecule has 0 aliphatic rings. The molecule has 1 unspecified atom stereocenters. The molecule has 6 heteroatoms. The van der Waals surface area contributed by atoms with Crippen molar-refractivity contribution in [3.05, 3.63) is 28.5 Å². The molecule has 0 aromatic carbocycles. The summed E-state index contributed by atoms with van der Waals surface area (Å²) in [4.78, 5) is 25.5. The number of hydrogen-bond donors (Lipinski definition) is 2. The Morgan fingerprint density at radius 1 is 1.53 bits per heavy atom. The van der Waals surface area contributed by atoms with Crippen LogP contribution < -0.4 is 5.32 Å². The third kappa shape index (κ3) is 3.32. The first-order valence-corrected chi connectivity index (χ1v) is 4.90. The fraction of sp³-hybridized carbons (Fsp3) is 0.222. The van der Waals surface area contributed by atoms with Gasteiger partial charge in [0.1, 0.15) is 0 Å². The van der Waals surface area contributed by atoms with Crippen LogP contribution in [0.25, 0.3) is 0 Å². The van der Waals surface area contributed by atoms with E-state index in [0.29, 0.717) is 10.0 Å². The molecular formula is C9H9BrN2O3. The van der Waals surface area contributed by atoms with Crippen LogP contribution in [0, 0.1) is 0 Å². The van der Waals surface area contributed by atoms with Gasteiger partial charge in [-0.05, 0) is 22.0 Å². The maximum absolute atomic E-state index is 10.9. The first kappa shape index (κ1) is 11.6. The zero-order valence-electron chi connectivity index (χ0n) is 7.90. The highest BCUT2D eigenvalue weighted by atomic mass is 79.9. The van der Waals surface area contributed by atoms with Crippen molar-refractivity contribution in [2.45, 2.75) is 13.0 Å². The number of aliphatic carboxylic acids is 1. The van der Waals surface area contributed by atoms with E-state index in [0.717, 1.165) is 0 Å². The number of carboxylic acid groups (broad SMARTS) is 1. The van der Waals surface area contributed by atoms with E-state index in [1.54, 1.807) is 6.07 Å². The van der Waals surface area contributed by atoms with Gasteiger partial charge in [0, 0.05) is 29.4 Å². The Bertz CT molecular complexity index is 395. The van der Waals surface area contributed by atoms with Gasteiger partial charge in [-0.3, -0.25) is 9.78 Å². The minimum atomic E-state index is -1.12. The number of nitrogens with one attached hydrogen (secondary N) is 1. The summed E-state index contributed by atoms with van der Waals surface area (Å²) in [6.45, 7) is 1.27. The number of halogens is 1. The zero-order valence-corrected chi connectivity index (χ0v) is 9.48. The predicted octanol–water partition coefficient (Wildman–Crippen LogP) is 1.11. The first-order chi connectivity index (χ1) is 7.00. The van der Waals surface area contributed by atoms with E-state index in [-0.39, 0.29) is 0 Å². The molecule has 5 nitrogen and oxygen atoms in total. The fourth-order valence-corrected chi connectivity index (χ4v) is 1.46. The molecule has 0 aliphatic carbocycles. The summed E-state index contributed by atoms with van der Waals surface area (Å²) in [5.74, 6) is -1.52. The van der Waals surface area contributed by atoms with Gasteiger partial charge < -0.3 is 10.4 Å². The maximum Gasteiger partial charge on any atom is 0.330 e. The molecule has 0 radical (unpaired) electrons. The van der Waals surface area contributed by atoms with Gasteiger partial charge in [-0.1, -0.05) is 0 Å². The van der Waals surface area contributed by atoms with E-state index in [4.69, 9.17) is 5.11 Å². The summed E-state index contributed by atoms with van der Waals surface area (Å²) in [5, 5.41) is 11.2. The Balaban J connectivity index is 2.98. The van der Waals surface area contributed by atoms with Crippen molar-refractivity contribution in [1.82, 2.24) is 10.3 Å². The Morgan fingerprint density at radius 2 is 2.20 bits per heavy atom. The summed E-state index contributed by atoms with van der Waals surface area (Å²) in [7, 11) is 0. The van der Waals surface area contributed by atoms with E-state index in [9.17, 15) is 9.59 Å². The van der Waals surface area contributed by atoms with E-state index >= 15 is 0 Å². The van der Waals surface area contributed by atoms with Crippen LogP contribution in [-0.4, -0.2) is 22.0 Å². The van der Waals surface area contributed by atoms with Gasteiger partial charge in [0.15, 0.2) is 6.04 Å². The largest absolute Gasteiger partial charge is 0.479 e. The smallest absolute Gasteiger partial charge is 0.330 e. The van der Waals surface area contributed by atoms with Crippen LogP contribution in [0.3, 0.4) is 0 Å². The number of carbonyl (C=O) groups is 2. The molecule has 0 spiro atoms. The molecule has 15 heavy (non-hydrogen) atoms. The van der Waals surface area contributed by atoms with E-state index in [1.165, 1.54) is 19.3 Å². The second-order valence-electron chi connectivity index (χ2n) is 2.91. The molecule has 0 bridgehead atoms. The van der Waals surface area contributed by atoms with Gasteiger partial charge in [-0.2, -0.15) is 0 Å². The number of nitrogens with zero attached hydrogens (tertiary/aromatic N) is 1. The Labute approximate surface area is 94.6 Å². The molecule has 1 heterocycles. The SMILES string of the molecule is CC(=O)NC(C(=O)O)c1cncc(Br)c1. The van der Waals surface area contributed by atoms with Crippen molar-refractivity contribution in [3.8, 4) is 0 Å². The van der Waals surface area contributed by atoms with Crippen LogP contribution in [0.2, 0.25) is 0 Å². The molecule has 1 aromatic heterocycles. The van der Waals surface area contributed by atoms with Crippen LogP contribution in [0.1, 0.15) is 18.5 Å². The van der Waals surface area contributed by atoms with Gasteiger partial charge in [0.25, 0.3) is 0 Å². The lowest BCUT2D eigenvalue weighted by atomic mass is 10.1. The highest BCUT2D eigenvalue weighted by Crippen LogP contribution is 2.16. The average molecular weight is 273 g/mol. The van der Waals surface area contributed by atoms with Crippen molar-refractivity contribution < 1.29 is 14.7 Å². The van der Waals surface area contributed by atoms with Crippen molar-refractivity contribution in [2.75, 3.05) is 0 Å². The third-order valence-corrected chi connectivity index (χ3v) is 2.09. The molecule has 80 valence electrons. The lowest BCUT2D eigenvalue weighted by molar-refractivity contribution is -0.141. The second kappa shape index (κ2) is 4.88. The van der Waals surface area contributed by atoms with Crippen molar-refractivity contribution in [1.29, 1.82) is 0 Å². The summed E-state index contributed by atoms with van der Waals surface area (Å²) in [5.41, 5.74) is 0.423. The molecule has 0 aliphatic heterocycles. The highest BCUT2D eigenvalue weighted by Gasteiger charge is 2.20. The van der Waals surface area contributed by atoms with Crippen molar-refractivity contribution in [2.24, 2.45) is 0 Å². The number of aromatic nitrogens is 1. The summed E-state index contributed by atoms with van der Waals surface area (Å²) < 4.78 is 0.664. The fourth-order valence-electron chi connectivity index (χ4n) is 1.08. The Hall–Kier alpha value is -1.43. The van der Waals surface area contributed by atoms with Crippen LogP contribution in [0.15, 0.2) is 22.9 Å². The molecule has 0 saturated carbocycles. The third-order valence-electron chi connectivity index (χ3n) is 1.65. The number of hydrogen-bond acceptors (Lipinski definition) is 3. The predicted molar refractivity (Wildman–Crippen MR) is 56.1 cm³/mol. The molecular weight excluding hydrogens is 264 g/mol. The lowest BCUT2D eigenvalue weighted by Crippen LogP contribution is -2.32. The van der Waals surface area contributed by atoms with Gasteiger partial charge in [0.2, 0.25) is 5.91 Å². The number of amides is 1. The van der Waals surface area contributed by atoms with Crippen molar-refractivity contribution >= 4 is 27.8 Å². The Kier molecular flexibility index (Phi) is 3.79. The molecule has 1 aromatic rings. The van der Waals surface area contributed by atoms with Gasteiger partial charge in [-0.25, -0.2) is 4.79 Å². The molecule has 0 saturated heterocycles. The number of rotatable bonds is 3. The number of pyridine rings is 1. The monoisotopic (exact) mass is 272 g/mol. The lowest BCUT2D eigenvalue weighted by Gasteiger charge is -2.12. The van der Waals surface area contributed by atoms with E-state index < -0.39 is 17.9 Å². The minimum Gasteiger partial charge on any atom is -0.479 e. The summed E-state index contributed by atoms with van der Waals surface area (Å²) >= 11 is 3.18. The number of carbonyl (C=O) groups excluding carboxylic acids is 1. The quantitative estimate of drug-likeness (QED) is 0.864. The van der Waals surface area contributed by atoms with Crippen LogP contribution >= 0.6 is 15.9 Å². The summed E-state index contributed by atoms with van der Waals surface area (Å²) in [6.07, 6.45) is 2.94. The van der Waals surface area contributed by atoms with Gasteiger partial charge >= 0.3 is 5.97 Å². The molecule has 1 rings (SSSR count). The molecule has 2 N–H and O–H groups in total. The van der Waals surface area contributed by atoms with Crippen LogP contribution in [0.5, 0.6) is 0 Å². The second-order valence-corrected chi connectivity index (χ2v) is 3.82. The maximum atomic E-state index is 10.9. The average Bonchev–Trinajstić information content (AvgIpc) is 2.13. The molecule has 0 fully saturated rings. The highest BCUT2D eigenvalue weighted by molar-refractivity contribution is 9.10. The normalized spacial score (nSPS) is 11.9. The van der Waals surface area contributed by atoms with E-state index in [2.05, 4.69) is 26.2 Å².